The van der Waals surface area contributed by atoms with Gasteiger partial charge >= 0.3 is 0 Å². The van der Waals surface area contributed by atoms with Crippen molar-refractivity contribution >= 4 is 17.7 Å². The van der Waals surface area contributed by atoms with Gasteiger partial charge in [-0.2, -0.15) is 0 Å². The third kappa shape index (κ3) is 4.58. The van der Waals surface area contributed by atoms with E-state index >= 15 is 0 Å². The molecule has 1 amide bonds. The summed E-state index contributed by atoms with van der Waals surface area (Å²) in [5.74, 6) is 5.42. The fraction of sp³-hybridized carbons (Fsp3) is 0.857. The van der Waals surface area contributed by atoms with E-state index in [2.05, 4.69) is 5.43 Å². The van der Waals surface area contributed by atoms with Crippen molar-refractivity contribution in [3.05, 3.63) is 0 Å². The van der Waals surface area contributed by atoms with Crippen molar-refractivity contribution in [3.63, 3.8) is 0 Å². The second-order valence-corrected chi connectivity index (χ2v) is 3.69. The van der Waals surface area contributed by atoms with Crippen LogP contribution in [0.4, 0.5) is 0 Å². The number of aliphatic hydroxyl groups excluding tert-OH is 1. The smallest absolute Gasteiger partial charge is 0.246 e. The Morgan fingerprint density at radius 2 is 2.42 bits per heavy atom. The van der Waals surface area contributed by atoms with Gasteiger partial charge in [0.1, 0.15) is 0 Å². The molecular weight excluding hydrogens is 176 g/mol. The van der Waals surface area contributed by atoms with Crippen LogP contribution in [0.2, 0.25) is 0 Å². The SMILES string of the molecule is CCCC(SCCO)C(=O)NN. The van der Waals surface area contributed by atoms with Crippen LogP contribution in [0.25, 0.3) is 0 Å². The van der Waals surface area contributed by atoms with E-state index in [1.165, 1.54) is 11.8 Å². The maximum Gasteiger partial charge on any atom is 0.246 e. The molecule has 0 aliphatic carbocycles. The molecule has 4 N–H and O–H groups in total. The van der Waals surface area contributed by atoms with Gasteiger partial charge in [-0.3, -0.25) is 10.2 Å². The van der Waals surface area contributed by atoms with Crippen molar-refractivity contribution in [1.29, 1.82) is 0 Å². The number of rotatable bonds is 6. The number of hydrogen-bond donors (Lipinski definition) is 3. The summed E-state index contributed by atoms with van der Waals surface area (Å²) in [6.45, 7) is 2.11. The molecule has 5 heteroatoms. The second-order valence-electron chi connectivity index (χ2n) is 2.38. The number of thioether (sulfide) groups is 1. The van der Waals surface area contributed by atoms with Crippen molar-refractivity contribution in [2.75, 3.05) is 12.4 Å². The van der Waals surface area contributed by atoms with E-state index in [-0.39, 0.29) is 17.8 Å². The molecule has 0 heterocycles. The fourth-order valence-electron chi connectivity index (χ4n) is 0.840. The number of carbonyl (C=O) groups is 1. The number of amides is 1. The standard InChI is InChI=1S/C7H16N2O2S/c1-2-3-6(7(11)9-8)12-5-4-10/h6,10H,2-5,8H2,1H3,(H,9,11). The number of nitrogens with one attached hydrogen (secondary N) is 1. The highest BCUT2D eigenvalue weighted by Crippen LogP contribution is 2.15. The van der Waals surface area contributed by atoms with Gasteiger partial charge in [-0.25, -0.2) is 5.84 Å². The summed E-state index contributed by atoms with van der Waals surface area (Å²) in [6, 6.07) is 0. The van der Waals surface area contributed by atoms with Gasteiger partial charge in [-0.15, -0.1) is 11.8 Å². The molecule has 0 bridgehead atoms. The first-order chi connectivity index (χ1) is 5.76. The number of hydrazine groups is 1. The lowest BCUT2D eigenvalue weighted by Crippen LogP contribution is -2.37. The van der Waals surface area contributed by atoms with Crippen LogP contribution in [0.15, 0.2) is 0 Å². The summed E-state index contributed by atoms with van der Waals surface area (Å²) in [7, 11) is 0. The van der Waals surface area contributed by atoms with Crippen LogP contribution in [0.1, 0.15) is 19.8 Å². The minimum atomic E-state index is -0.157. The van der Waals surface area contributed by atoms with Gasteiger partial charge in [0.25, 0.3) is 0 Å². The summed E-state index contributed by atoms with van der Waals surface area (Å²) >= 11 is 1.44. The molecule has 0 saturated heterocycles. The van der Waals surface area contributed by atoms with Gasteiger partial charge in [0.2, 0.25) is 5.91 Å². The third-order valence-electron chi connectivity index (χ3n) is 1.40. The summed E-state index contributed by atoms with van der Waals surface area (Å²) in [5, 5.41) is 8.44. The van der Waals surface area contributed by atoms with E-state index in [1.54, 1.807) is 0 Å². The van der Waals surface area contributed by atoms with E-state index in [0.29, 0.717) is 5.75 Å². The van der Waals surface area contributed by atoms with Crippen molar-refractivity contribution in [3.8, 4) is 0 Å². The zero-order valence-corrected chi connectivity index (χ0v) is 8.06. The lowest BCUT2D eigenvalue weighted by molar-refractivity contribution is -0.120. The zero-order valence-electron chi connectivity index (χ0n) is 7.25. The molecule has 0 spiro atoms. The van der Waals surface area contributed by atoms with Crippen LogP contribution < -0.4 is 11.3 Å². The quantitative estimate of drug-likeness (QED) is 0.311. The summed E-state index contributed by atoms with van der Waals surface area (Å²) in [5.41, 5.74) is 2.12. The normalized spacial score (nSPS) is 12.6. The molecule has 4 nitrogen and oxygen atoms in total. The largest absolute Gasteiger partial charge is 0.396 e. The van der Waals surface area contributed by atoms with E-state index in [0.717, 1.165) is 12.8 Å². The van der Waals surface area contributed by atoms with Crippen molar-refractivity contribution in [2.24, 2.45) is 5.84 Å². The molecule has 0 saturated carbocycles. The second kappa shape index (κ2) is 7.39. The molecule has 72 valence electrons. The zero-order chi connectivity index (χ0) is 9.40. The van der Waals surface area contributed by atoms with Gasteiger partial charge < -0.3 is 5.11 Å². The predicted molar refractivity (Wildman–Crippen MR) is 50.6 cm³/mol. The van der Waals surface area contributed by atoms with Crippen molar-refractivity contribution < 1.29 is 9.90 Å². The molecule has 0 aliphatic heterocycles. The van der Waals surface area contributed by atoms with E-state index in [1.807, 2.05) is 6.92 Å². The molecule has 0 aromatic heterocycles. The minimum Gasteiger partial charge on any atom is -0.396 e. The molecule has 0 aromatic rings. The number of nitrogens with two attached hydrogens (primary N) is 1. The summed E-state index contributed by atoms with van der Waals surface area (Å²) in [6.07, 6.45) is 1.74. The Kier molecular flexibility index (Phi) is 7.23. The average Bonchev–Trinajstić information content (AvgIpc) is 2.11. The van der Waals surface area contributed by atoms with Crippen LogP contribution in [-0.4, -0.2) is 28.6 Å². The number of hydrogen-bond acceptors (Lipinski definition) is 4. The molecule has 0 aliphatic rings. The Labute approximate surface area is 76.9 Å². The summed E-state index contributed by atoms with van der Waals surface area (Å²) in [4.78, 5) is 11.1. The van der Waals surface area contributed by atoms with Crippen LogP contribution in [-0.2, 0) is 4.79 Å². The number of carbonyl (C=O) groups excluding carboxylic acids is 1. The molecular formula is C7H16N2O2S. The van der Waals surface area contributed by atoms with Crippen LogP contribution in [0.3, 0.4) is 0 Å². The molecule has 1 atom stereocenters. The Morgan fingerprint density at radius 3 is 2.83 bits per heavy atom. The average molecular weight is 192 g/mol. The monoisotopic (exact) mass is 192 g/mol. The van der Waals surface area contributed by atoms with Gasteiger partial charge in [0.05, 0.1) is 11.9 Å². The van der Waals surface area contributed by atoms with Gasteiger partial charge in [0.15, 0.2) is 0 Å². The van der Waals surface area contributed by atoms with Gasteiger partial charge in [-0.1, -0.05) is 13.3 Å². The minimum absolute atomic E-state index is 0.0999. The van der Waals surface area contributed by atoms with E-state index in [9.17, 15) is 4.79 Å². The highest BCUT2D eigenvalue weighted by atomic mass is 32.2. The molecule has 0 aromatic carbocycles. The maximum atomic E-state index is 11.1. The van der Waals surface area contributed by atoms with Gasteiger partial charge in [-0.05, 0) is 6.42 Å². The van der Waals surface area contributed by atoms with Crippen LogP contribution in [0, 0.1) is 0 Å². The maximum absolute atomic E-state index is 11.1. The lowest BCUT2D eigenvalue weighted by Gasteiger charge is -2.12. The van der Waals surface area contributed by atoms with Crippen LogP contribution >= 0.6 is 11.8 Å². The predicted octanol–water partition coefficient (Wildman–Crippen LogP) is -0.130. The van der Waals surface area contributed by atoms with Crippen molar-refractivity contribution in [1.82, 2.24) is 5.43 Å². The first kappa shape index (κ1) is 11.7. The lowest BCUT2D eigenvalue weighted by atomic mass is 10.2. The van der Waals surface area contributed by atoms with Gasteiger partial charge in [0, 0.05) is 5.75 Å². The Hall–Kier alpha value is -0.260. The van der Waals surface area contributed by atoms with Crippen molar-refractivity contribution in [2.45, 2.75) is 25.0 Å². The molecule has 12 heavy (non-hydrogen) atoms. The van der Waals surface area contributed by atoms with E-state index in [4.69, 9.17) is 10.9 Å². The van der Waals surface area contributed by atoms with E-state index < -0.39 is 0 Å². The Bertz CT molecular complexity index is 133. The Morgan fingerprint density at radius 1 is 1.75 bits per heavy atom. The number of aliphatic hydroxyl groups is 1. The molecule has 0 radical (unpaired) electrons. The first-order valence-corrected chi connectivity index (χ1v) is 5.04. The highest BCUT2D eigenvalue weighted by Gasteiger charge is 2.15. The molecule has 0 fully saturated rings. The molecule has 0 rings (SSSR count). The fourth-order valence-corrected chi connectivity index (χ4v) is 1.85. The highest BCUT2D eigenvalue weighted by molar-refractivity contribution is 8.00. The topological polar surface area (TPSA) is 75.3 Å². The summed E-state index contributed by atoms with van der Waals surface area (Å²) < 4.78 is 0. The molecule has 1 unspecified atom stereocenters. The van der Waals surface area contributed by atoms with Crippen LogP contribution in [0.5, 0.6) is 0 Å². The third-order valence-corrected chi connectivity index (χ3v) is 2.67. The Balaban J connectivity index is 3.76. The first-order valence-electron chi connectivity index (χ1n) is 3.99.